The number of rotatable bonds is 5. The monoisotopic (exact) mass is 248 g/mol. The zero-order valence-electron chi connectivity index (χ0n) is 11.5. The fraction of sp³-hybridized carbons (Fsp3) is 0.667. The molecule has 1 saturated heterocycles. The average molecular weight is 248 g/mol. The summed E-state index contributed by atoms with van der Waals surface area (Å²) in [5, 5.41) is 3.55. The molecule has 0 saturated carbocycles. The summed E-state index contributed by atoms with van der Waals surface area (Å²) in [7, 11) is 0. The fourth-order valence-corrected chi connectivity index (χ4v) is 2.53. The maximum Gasteiger partial charge on any atom is 0.0593 e. The number of aryl methyl sites for hydroxylation is 1. The molecule has 1 aliphatic rings. The molecule has 18 heavy (non-hydrogen) atoms. The molecule has 1 aromatic heterocycles. The molecule has 1 fully saturated rings. The van der Waals surface area contributed by atoms with Gasteiger partial charge in [0.2, 0.25) is 0 Å². The van der Waals surface area contributed by atoms with Gasteiger partial charge in [0.1, 0.15) is 0 Å². The van der Waals surface area contributed by atoms with Crippen LogP contribution in [0.1, 0.15) is 49.9 Å². The lowest BCUT2D eigenvalue weighted by Gasteiger charge is -2.27. The van der Waals surface area contributed by atoms with E-state index in [9.17, 15) is 0 Å². The topological polar surface area (TPSA) is 34.1 Å². The highest BCUT2D eigenvalue weighted by molar-refractivity contribution is 5.17. The molecule has 0 amide bonds. The predicted octanol–water partition coefficient (Wildman–Crippen LogP) is 3.00. The number of pyridine rings is 1. The van der Waals surface area contributed by atoms with Gasteiger partial charge in [0.05, 0.1) is 6.10 Å². The lowest BCUT2D eigenvalue weighted by molar-refractivity contribution is 0.00512. The zero-order valence-corrected chi connectivity index (χ0v) is 11.5. The summed E-state index contributed by atoms with van der Waals surface area (Å²) in [5.41, 5.74) is 2.35. The van der Waals surface area contributed by atoms with Gasteiger partial charge in [-0.25, -0.2) is 0 Å². The largest absolute Gasteiger partial charge is 0.378 e. The van der Waals surface area contributed by atoms with Gasteiger partial charge in [-0.05, 0) is 50.8 Å². The highest BCUT2D eigenvalue weighted by atomic mass is 16.5. The molecule has 0 spiro atoms. The van der Waals surface area contributed by atoms with Crippen LogP contribution in [0, 0.1) is 6.92 Å². The molecule has 2 unspecified atom stereocenters. The van der Waals surface area contributed by atoms with Crippen LogP contribution in [0.15, 0.2) is 18.3 Å². The first kappa shape index (κ1) is 13.5. The van der Waals surface area contributed by atoms with Crippen molar-refractivity contribution >= 4 is 0 Å². The number of aromatic nitrogens is 1. The van der Waals surface area contributed by atoms with Crippen LogP contribution < -0.4 is 5.32 Å². The van der Waals surface area contributed by atoms with Crippen LogP contribution in [-0.2, 0) is 4.74 Å². The maximum absolute atomic E-state index is 5.84. The van der Waals surface area contributed by atoms with Crippen LogP contribution in [0.2, 0.25) is 0 Å². The molecule has 2 rings (SSSR count). The van der Waals surface area contributed by atoms with Crippen LogP contribution in [-0.4, -0.2) is 24.2 Å². The Kier molecular flexibility index (Phi) is 5.14. The van der Waals surface area contributed by atoms with E-state index in [-0.39, 0.29) is 0 Å². The summed E-state index contributed by atoms with van der Waals surface area (Å²) < 4.78 is 5.84. The molecule has 3 heteroatoms. The van der Waals surface area contributed by atoms with Gasteiger partial charge in [-0.3, -0.25) is 4.98 Å². The smallest absolute Gasteiger partial charge is 0.0593 e. The van der Waals surface area contributed by atoms with Crippen molar-refractivity contribution in [2.45, 2.75) is 51.7 Å². The Morgan fingerprint density at radius 3 is 2.94 bits per heavy atom. The van der Waals surface area contributed by atoms with Crippen molar-refractivity contribution in [3.63, 3.8) is 0 Å². The first-order valence-electron chi connectivity index (χ1n) is 7.07. The quantitative estimate of drug-likeness (QED) is 0.869. The van der Waals surface area contributed by atoms with Crippen LogP contribution in [0.5, 0.6) is 0 Å². The highest BCUT2D eigenvalue weighted by Gasteiger charge is 2.20. The molecule has 2 atom stereocenters. The Balaban J connectivity index is 2.00. The van der Waals surface area contributed by atoms with Gasteiger partial charge in [0, 0.05) is 24.5 Å². The lowest BCUT2D eigenvalue weighted by Crippen LogP contribution is -2.28. The van der Waals surface area contributed by atoms with Crippen molar-refractivity contribution in [2.24, 2.45) is 0 Å². The maximum atomic E-state index is 5.84. The number of hydrogen-bond donors (Lipinski definition) is 1. The molecular weight excluding hydrogens is 224 g/mol. The van der Waals surface area contributed by atoms with E-state index >= 15 is 0 Å². The molecule has 0 aliphatic carbocycles. The second-order valence-corrected chi connectivity index (χ2v) is 5.07. The average Bonchev–Trinajstić information content (AvgIpc) is 2.40. The van der Waals surface area contributed by atoms with E-state index in [1.165, 1.54) is 24.8 Å². The van der Waals surface area contributed by atoms with Gasteiger partial charge in [0.25, 0.3) is 0 Å². The van der Waals surface area contributed by atoms with Crippen molar-refractivity contribution in [1.82, 2.24) is 10.3 Å². The molecule has 0 aromatic carbocycles. The molecular formula is C15H24N2O. The van der Waals surface area contributed by atoms with Gasteiger partial charge < -0.3 is 10.1 Å². The van der Waals surface area contributed by atoms with E-state index in [4.69, 9.17) is 4.74 Å². The fourth-order valence-electron chi connectivity index (χ4n) is 2.53. The third-order valence-corrected chi connectivity index (χ3v) is 3.56. The zero-order chi connectivity index (χ0) is 12.8. The van der Waals surface area contributed by atoms with Crippen LogP contribution >= 0.6 is 0 Å². The second kappa shape index (κ2) is 6.86. The minimum atomic E-state index is 0.367. The minimum absolute atomic E-state index is 0.367. The van der Waals surface area contributed by atoms with E-state index in [1.807, 2.05) is 13.1 Å². The normalized spacial score (nSPS) is 21.8. The van der Waals surface area contributed by atoms with E-state index in [0.717, 1.165) is 25.3 Å². The summed E-state index contributed by atoms with van der Waals surface area (Å²) in [5.74, 6) is 0. The summed E-state index contributed by atoms with van der Waals surface area (Å²) in [6.45, 7) is 6.08. The Hall–Kier alpha value is -0.930. The Bertz CT molecular complexity index is 344. The van der Waals surface area contributed by atoms with Crippen molar-refractivity contribution in [3.8, 4) is 0 Å². The molecule has 1 N–H and O–H groups in total. The molecule has 2 heterocycles. The molecule has 1 aliphatic heterocycles. The summed E-state index contributed by atoms with van der Waals surface area (Å²) in [6.07, 6.45) is 7.17. The van der Waals surface area contributed by atoms with Crippen LogP contribution in [0.4, 0.5) is 0 Å². The first-order valence-corrected chi connectivity index (χ1v) is 7.07. The van der Waals surface area contributed by atoms with E-state index in [0.29, 0.717) is 12.1 Å². The van der Waals surface area contributed by atoms with Gasteiger partial charge in [-0.1, -0.05) is 13.0 Å². The lowest BCUT2D eigenvalue weighted by atomic mass is 9.97. The summed E-state index contributed by atoms with van der Waals surface area (Å²) >= 11 is 0. The van der Waals surface area contributed by atoms with E-state index in [1.54, 1.807) is 0 Å². The van der Waals surface area contributed by atoms with E-state index < -0.39 is 0 Å². The Morgan fingerprint density at radius 2 is 2.33 bits per heavy atom. The van der Waals surface area contributed by atoms with Crippen molar-refractivity contribution in [3.05, 3.63) is 29.6 Å². The first-order chi connectivity index (χ1) is 8.79. The third kappa shape index (κ3) is 3.79. The van der Waals surface area contributed by atoms with Crippen molar-refractivity contribution in [1.29, 1.82) is 0 Å². The van der Waals surface area contributed by atoms with Crippen molar-refractivity contribution < 1.29 is 4.74 Å². The Labute approximate surface area is 110 Å². The van der Waals surface area contributed by atoms with Crippen molar-refractivity contribution in [2.75, 3.05) is 13.2 Å². The number of nitrogens with one attached hydrogen (secondary N) is 1. The number of hydrogen-bond acceptors (Lipinski definition) is 3. The molecule has 100 valence electrons. The molecule has 0 radical (unpaired) electrons. The summed E-state index contributed by atoms with van der Waals surface area (Å²) in [6, 6.07) is 4.63. The standard InChI is InChI=1S/C15H24N2O/c1-3-16-15(10-14-6-4-5-9-18-14)13-8-7-12(2)17-11-13/h7-8,11,14-16H,3-6,9-10H2,1-2H3. The van der Waals surface area contributed by atoms with Crippen LogP contribution in [0.25, 0.3) is 0 Å². The minimum Gasteiger partial charge on any atom is -0.378 e. The number of nitrogens with zero attached hydrogens (tertiary/aromatic N) is 1. The predicted molar refractivity (Wildman–Crippen MR) is 73.6 cm³/mol. The molecule has 3 nitrogen and oxygen atoms in total. The van der Waals surface area contributed by atoms with E-state index in [2.05, 4.69) is 29.4 Å². The van der Waals surface area contributed by atoms with Gasteiger partial charge in [-0.2, -0.15) is 0 Å². The molecule has 1 aromatic rings. The second-order valence-electron chi connectivity index (χ2n) is 5.07. The molecule has 0 bridgehead atoms. The Morgan fingerprint density at radius 1 is 1.44 bits per heavy atom. The van der Waals surface area contributed by atoms with Gasteiger partial charge in [-0.15, -0.1) is 0 Å². The third-order valence-electron chi connectivity index (χ3n) is 3.56. The van der Waals surface area contributed by atoms with Gasteiger partial charge in [0.15, 0.2) is 0 Å². The highest BCUT2D eigenvalue weighted by Crippen LogP contribution is 2.24. The number of ether oxygens (including phenoxy) is 1. The SMILES string of the molecule is CCNC(CC1CCCCO1)c1ccc(C)nc1. The van der Waals surface area contributed by atoms with Crippen LogP contribution in [0.3, 0.4) is 0 Å². The van der Waals surface area contributed by atoms with Gasteiger partial charge >= 0.3 is 0 Å². The summed E-state index contributed by atoms with van der Waals surface area (Å²) in [4.78, 5) is 4.39.